The molecule has 0 N–H and O–H groups in total. The molecule has 0 spiro atoms. The van der Waals surface area contributed by atoms with Crippen LogP contribution in [0.3, 0.4) is 0 Å². The molecule has 0 aliphatic carbocycles. The predicted molar refractivity (Wildman–Crippen MR) is 80.7 cm³/mol. The fraction of sp³-hybridized carbons (Fsp3) is 0.643. The molecule has 1 atom stereocenters. The van der Waals surface area contributed by atoms with Crippen LogP contribution in [0.15, 0.2) is 12.4 Å². The number of aromatic nitrogens is 2. The first kappa shape index (κ1) is 15.3. The number of carbonyl (C=O) groups is 1. The van der Waals surface area contributed by atoms with Crippen molar-refractivity contribution in [3.05, 3.63) is 12.4 Å². The number of ether oxygens (including phenoxy) is 1. The van der Waals surface area contributed by atoms with Crippen LogP contribution in [-0.2, 0) is 0 Å². The molecule has 2 heterocycles. The largest absolute Gasteiger partial charge is 0.494 e. The van der Waals surface area contributed by atoms with E-state index < -0.39 is 0 Å². The van der Waals surface area contributed by atoms with Crippen molar-refractivity contribution in [2.24, 2.45) is 0 Å². The molecule has 2 amide bonds. The molecule has 21 heavy (non-hydrogen) atoms. The molecule has 0 saturated carbocycles. The fourth-order valence-corrected chi connectivity index (χ4v) is 2.50. The zero-order chi connectivity index (χ0) is 15.4. The smallest absolute Gasteiger partial charge is 0.319 e. The van der Waals surface area contributed by atoms with Gasteiger partial charge in [-0.2, -0.15) is 0 Å². The van der Waals surface area contributed by atoms with Crippen LogP contribution in [0.2, 0.25) is 0 Å². The summed E-state index contributed by atoms with van der Waals surface area (Å²) in [5, 5.41) is 0. The molecule has 116 valence electrons. The first-order chi connectivity index (χ1) is 10.0. The van der Waals surface area contributed by atoms with Gasteiger partial charge in [0.05, 0.1) is 25.5 Å². The summed E-state index contributed by atoms with van der Waals surface area (Å²) in [6, 6.07) is 0.205. The summed E-state index contributed by atoms with van der Waals surface area (Å²) in [5.41, 5.74) is 0. The van der Waals surface area contributed by atoms with Gasteiger partial charge in [-0.25, -0.2) is 14.8 Å². The van der Waals surface area contributed by atoms with Crippen LogP contribution < -0.4 is 9.64 Å². The Hall–Kier alpha value is -2.05. The normalized spacial score (nSPS) is 18.3. The average molecular weight is 293 g/mol. The van der Waals surface area contributed by atoms with Gasteiger partial charge in [0, 0.05) is 34.2 Å². The van der Waals surface area contributed by atoms with Crippen LogP contribution in [0.4, 0.5) is 10.7 Å². The van der Waals surface area contributed by atoms with Gasteiger partial charge in [-0.3, -0.25) is 0 Å². The lowest BCUT2D eigenvalue weighted by Gasteiger charge is -2.38. The number of methoxy groups -OCH3 is 1. The minimum Gasteiger partial charge on any atom is -0.494 e. The van der Waals surface area contributed by atoms with E-state index in [0.717, 1.165) is 25.9 Å². The number of urea groups is 1. The highest BCUT2D eigenvalue weighted by Crippen LogP contribution is 2.20. The van der Waals surface area contributed by atoms with Gasteiger partial charge in [0.1, 0.15) is 0 Å². The molecule has 1 unspecified atom stereocenters. The molecule has 0 aromatic carbocycles. The lowest BCUT2D eigenvalue weighted by Crippen LogP contribution is -2.51. The summed E-state index contributed by atoms with van der Waals surface area (Å²) in [4.78, 5) is 26.2. The first-order valence-corrected chi connectivity index (χ1v) is 7.08. The zero-order valence-electron chi connectivity index (χ0n) is 13.1. The highest BCUT2D eigenvalue weighted by atomic mass is 16.5. The highest BCUT2D eigenvalue weighted by molar-refractivity contribution is 5.74. The molecule has 1 saturated heterocycles. The van der Waals surface area contributed by atoms with E-state index in [-0.39, 0.29) is 12.1 Å². The molecule has 1 aliphatic rings. The third-order valence-electron chi connectivity index (χ3n) is 3.76. The number of nitrogens with zero attached hydrogens (tertiary/aromatic N) is 5. The van der Waals surface area contributed by atoms with Crippen LogP contribution in [0.25, 0.3) is 0 Å². The van der Waals surface area contributed by atoms with Crippen molar-refractivity contribution in [3.8, 4) is 5.75 Å². The Labute approximate surface area is 125 Å². The fourth-order valence-electron chi connectivity index (χ4n) is 2.50. The van der Waals surface area contributed by atoms with Crippen molar-refractivity contribution in [2.75, 3.05) is 46.2 Å². The maximum absolute atomic E-state index is 12.1. The second kappa shape index (κ2) is 6.60. The molecule has 0 bridgehead atoms. The third-order valence-corrected chi connectivity index (χ3v) is 3.76. The predicted octanol–water partition coefficient (Wildman–Crippen LogP) is 1.07. The van der Waals surface area contributed by atoms with Crippen molar-refractivity contribution in [1.82, 2.24) is 19.8 Å². The van der Waals surface area contributed by atoms with Crippen molar-refractivity contribution >= 4 is 12.0 Å². The minimum absolute atomic E-state index is 0.0255. The van der Waals surface area contributed by atoms with E-state index in [1.165, 1.54) is 0 Å². The number of piperidine rings is 1. The number of carbonyl (C=O) groups excluding carboxylic acids is 1. The Bertz CT molecular complexity index is 477. The van der Waals surface area contributed by atoms with Gasteiger partial charge in [0.15, 0.2) is 5.75 Å². The highest BCUT2D eigenvalue weighted by Gasteiger charge is 2.27. The van der Waals surface area contributed by atoms with E-state index in [9.17, 15) is 4.79 Å². The molecule has 2 rings (SSSR count). The van der Waals surface area contributed by atoms with Crippen molar-refractivity contribution < 1.29 is 9.53 Å². The van der Waals surface area contributed by atoms with Crippen molar-refractivity contribution in [3.63, 3.8) is 0 Å². The first-order valence-electron chi connectivity index (χ1n) is 7.08. The van der Waals surface area contributed by atoms with Crippen LogP contribution >= 0.6 is 0 Å². The summed E-state index contributed by atoms with van der Waals surface area (Å²) in [7, 11) is 6.99. The number of likely N-dealkylation sites (N-methyl/N-ethyl adjacent to an activating group) is 1. The molecule has 1 aliphatic heterocycles. The molecule has 1 fully saturated rings. The summed E-state index contributed by atoms with van der Waals surface area (Å²) >= 11 is 0. The molecule has 7 heteroatoms. The molecule has 0 radical (unpaired) electrons. The quantitative estimate of drug-likeness (QED) is 0.834. The lowest BCUT2D eigenvalue weighted by atomic mass is 10.1. The van der Waals surface area contributed by atoms with Gasteiger partial charge in [0.2, 0.25) is 5.95 Å². The standard InChI is InChI=1S/C14H23N5O2/c1-17(2)14(20)18(3)11-6-5-7-19(10-11)13-15-8-12(21-4)9-16-13/h8-9,11H,5-7,10H2,1-4H3. The Morgan fingerprint density at radius 2 is 2.00 bits per heavy atom. The second-order valence-corrected chi connectivity index (χ2v) is 5.45. The summed E-state index contributed by atoms with van der Waals surface area (Å²) < 4.78 is 5.07. The SMILES string of the molecule is COc1cnc(N2CCCC(N(C)C(=O)N(C)C)C2)nc1. The average Bonchev–Trinajstić information content (AvgIpc) is 2.53. The topological polar surface area (TPSA) is 61.8 Å². The Balaban J connectivity index is 2.04. The maximum atomic E-state index is 12.1. The van der Waals surface area contributed by atoms with Crippen LogP contribution in [0, 0.1) is 0 Å². The van der Waals surface area contributed by atoms with E-state index in [0.29, 0.717) is 11.7 Å². The molecule has 1 aromatic heterocycles. The van der Waals surface area contributed by atoms with Crippen molar-refractivity contribution in [1.29, 1.82) is 0 Å². The van der Waals surface area contributed by atoms with Gasteiger partial charge >= 0.3 is 6.03 Å². The third kappa shape index (κ3) is 3.53. The summed E-state index contributed by atoms with van der Waals surface area (Å²) in [5.74, 6) is 1.33. The number of hydrogen-bond donors (Lipinski definition) is 0. The van der Waals surface area contributed by atoms with Gasteiger partial charge in [-0.05, 0) is 12.8 Å². The number of anilines is 1. The second-order valence-electron chi connectivity index (χ2n) is 5.45. The van der Waals surface area contributed by atoms with Crippen LogP contribution in [-0.4, -0.2) is 73.2 Å². The zero-order valence-corrected chi connectivity index (χ0v) is 13.1. The molecular formula is C14H23N5O2. The van der Waals surface area contributed by atoms with Gasteiger partial charge in [-0.1, -0.05) is 0 Å². The number of amides is 2. The molecule has 1 aromatic rings. The molecule has 7 nitrogen and oxygen atoms in total. The van der Waals surface area contributed by atoms with Crippen LogP contribution in [0.5, 0.6) is 5.75 Å². The number of hydrogen-bond acceptors (Lipinski definition) is 5. The van der Waals surface area contributed by atoms with Gasteiger partial charge in [0.25, 0.3) is 0 Å². The minimum atomic E-state index is 0.0255. The van der Waals surface area contributed by atoms with E-state index >= 15 is 0 Å². The van der Waals surface area contributed by atoms with Crippen molar-refractivity contribution in [2.45, 2.75) is 18.9 Å². The summed E-state index contributed by atoms with van der Waals surface area (Å²) in [6.07, 6.45) is 5.36. The Morgan fingerprint density at radius 1 is 1.33 bits per heavy atom. The van der Waals surface area contributed by atoms with E-state index in [1.807, 2.05) is 7.05 Å². The van der Waals surface area contributed by atoms with Gasteiger partial charge in [-0.15, -0.1) is 0 Å². The van der Waals surface area contributed by atoms with Gasteiger partial charge < -0.3 is 19.4 Å². The van der Waals surface area contributed by atoms with E-state index in [4.69, 9.17) is 4.74 Å². The molecular weight excluding hydrogens is 270 g/mol. The van der Waals surface area contributed by atoms with Crippen LogP contribution in [0.1, 0.15) is 12.8 Å². The Morgan fingerprint density at radius 3 is 2.57 bits per heavy atom. The summed E-state index contributed by atoms with van der Waals surface area (Å²) in [6.45, 7) is 1.66. The van der Waals surface area contributed by atoms with E-state index in [1.54, 1.807) is 43.4 Å². The lowest BCUT2D eigenvalue weighted by molar-refractivity contribution is 0.157. The van der Waals surface area contributed by atoms with E-state index in [2.05, 4.69) is 14.9 Å². The maximum Gasteiger partial charge on any atom is 0.319 e. The number of rotatable bonds is 3. The monoisotopic (exact) mass is 293 g/mol. The Kier molecular flexibility index (Phi) is 4.82.